The van der Waals surface area contributed by atoms with Crippen molar-refractivity contribution in [3.63, 3.8) is 0 Å². The molecule has 1 atom stereocenters. The molecular weight excluding hydrogens is 318 g/mol. The summed E-state index contributed by atoms with van der Waals surface area (Å²) >= 11 is 1.63. The van der Waals surface area contributed by atoms with E-state index in [1.54, 1.807) is 18.3 Å². The Labute approximate surface area is 148 Å². The maximum atomic E-state index is 11.0. The Hall–Kier alpha value is -1.88. The fraction of sp³-hybridized carbons (Fsp3) is 0.474. The van der Waals surface area contributed by atoms with E-state index in [1.165, 1.54) is 5.56 Å². The molecule has 0 unspecified atom stereocenters. The molecule has 24 heavy (non-hydrogen) atoms. The molecule has 2 aromatic rings. The molecule has 1 aromatic heterocycles. The van der Waals surface area contributed by atoms with Crippen LogP contribution in [0.1, 0.15) is 46.6 Å². The van der Waals surface area contributed by atoms with E-state index in [2.05, 4.69) is 66.0 Å². The Morgan fingerprint density at radius 1 is 1.25 bits per heavy atom. The molecule has 1 aromatic carbocycles. The van der Waals surface area contributed by atoms with Gasteiger partial charge in [0.15, 0.2) is 5.13 Å². The summed E-state index contributed by atoms with van der Waals surface area (Å²) in [5.74, 6) is 0.0288. The minimum Gasteiger partial charge on any atom is -0.357 e. The van der Waals surface area contributed by atoms with Crippen LogP contribution in [0, 0.1) is 0 Å². The molecule has 5 heteroatoms. The quantitative estimate of drug-likeness (QED) is 0.812. The van der Waals surface area contributed by atoms with Gasteiger partial charge in [0.25, 0.3) is 0 Å². The summed E-state index contributed by atoms with van der Waals surface area (Å²) in [5.41, 5.74) is 3.43. The number of nitrogens with one attached hydrogen (secondary N) is 2. The lowest BCUT2D eigenvalue weighted by Crippen LogP contribution is -2.30. The number of amides is 1. The number of thiazole rings is 1. The number of hydrogen-bond acceptors (Lipinski definition) is 4. The normalized spacial score (nSPS) is 12.7. The Kier molecular flexibility index (Phi) is 5.99. The molecule has 130 valence electrons. The highest BCUT2D eigenvalue weighted by molar-refractivity contribution is 7.14. The van der Waals surface area contributed by atoms with Gasteiger partial charge in [0.1, 0.15) is 0 Å². The van der Waals surface area contributed by atoms with Crippen LogP contribution in [0.3, 0.4) is 0 Å². The van der Waals surface area contributed by atoms with Crippen LogP contribution in [0.15, 0.2) is 29.6 Å². The second kappa shape index (κ2) is 7.79. The topological polar surface area (TPSA) is 54.0 Å². The maximum Gasteiger partial charge on any atom is 0.217 e. The number of hydrogen-bond donors (Lipinski definition) is 2. The van der Waals surface area contributed by atoms with Gasteiger partial charge in [0.05, 0.1) is 5.69 Å². The zero-order valence-corrected chi connectivity index (χ0v) is 16.0. The summed E-state index contributed by atoms with van der Waals surface area (Å²) in [5, 5.41) is 9.36. The second-order valence-electron chi connectivity index (χ2n) is 7.25. The number of aromatic nitrogens is 1. The summed E-state index contributed by atoms with van der Waals surface area (Å²) in [7, 11) is 0. The van der Waals surface area contributed by atoms with Gasteiger partial charge < -0.3 is 10.6 Å². The highest BCUT2D eigenvalue weighted by Gasteiger charge is 2.12. The minimum absolute atomic E-state index is 0.0174. The van der Waals surface area contributed by atoms with Crippen molar-refractivity contribution in [3.05, 3.63) is 35.2 Å². The molecule has 2 N–H and O–H groups in total. The highest BCUT2D eigenvalue weighted by atomic mass is 32.1. The van der Waals surface area contributed by atoms with Gasteiger partial charge in [-0.15, -0.1) is 11.3 Å². The van der Waals surface area contributed by atoms with Crippen LogP contribution >= 0.6 is 11.3 Å². The van der Waals surface area contributed by atoms with Crippen LogP contribution in [-0.2, 0) is 11.2 Å². The van der Waals surface area contributed by atoms with Gasteiger partial charge in [0, 0.05) is 29.4 Å². The Bertz CT molecular complexity index is 671. The largest absolute Gasteiger partial charge is 0.357 e. The number of carbonyl (C=O) groups is 1. The van der Waals surface area contributed by atoms with Crippen LogP contribution in [0.5, 0.6) is 0 Å². The predicted molar refractivity (Wildman–Crippen MR) is 103 cm³/mol. The third-order valence-electron chi connectivity index (χ3n) is 3.55. The van der Waals surface area contributed by atoms with Crippen molar-refractivity contribution in [1.29, 1.82) is 0 Å². The number of nitrogens with zero attached hydrogens (tertiary/aromatic N) is 1. The maximum absolute atomic E-state index is 11.0. The van der Waals surface area contributed by atoms with Crippen molar-refractivity contribution in [1.82, 2.24) is 10.3 Å². The molecule has 0 radical (unpaired) electrons. The molecule has 1 heterocycles. The molecule has 2 rings (SSSR count). The lowest BCUT2D eigenvalue weighted by Gasteiger charge is -2.19. The standard InChI is InChI=1S/C19H27N3OS/c1-13(20-14(2)23)6-7-15-8-10-16(11-9-15)17-12-24-18(21-17)22-19(3,4)5/h8-13H,6-7H2,1-5H3,(H,20,23)(H,21,22)/t13-/m0/s1. The van der Waals surface area contributed by atoms with Crippen LogP contribution < -0.4 is 10.6 Å². The van der Waals surface area contributed by atoms with E-state index in [-0.39, 0.29) is 17.5 Å². The minimum atomic E-state index is 0.0174. The van der Waals surface area contributed by atoms with Crippen LogP contribution in [0.2, 0.25) is 0 Å². The van der Waals surface area contributed by atoms with E-state index in [9.17, 15) is 4.79 Å². The van der Waals surface area contributed by atoms with E-state index >= 15 is 0 Å². The first-order valence-corrected chi connectivity index (χ1v) is 9.21. The smallest absolute Gasteiger partial charge is 0.217 e. The highest BCUT2D eigenvalue weighted by Crippen LogP contribution is 2.27. The molecule has 0 aliphatic rings. The summed E-state index contributed by atoms with van der Waals surface area (Å²) in [6, 6.07) is 8.73. The first kappa shape index (κ1) is 18.5. The van der Waals surface area contributed by atoms with Gasteiger partial charge in [-0.1, -0.05) is 24.3 Å². The Morgan fingerprint density at radius 2 is 1.92 bits per heavy atom. The molecule has 0 fully saturated rings. The monoisotopic (exact) mass is 345 g/mol. The summed E-state index contributed by atoms with van der Waals surface area (Å²) in [6.07, 6.45) is 1.89. The van der Waals surface area contributed by atoms with Gasteiger partial charge in [-0.05, 0) is 46.1 Å². The van der Waals surface area contributed by atoms with Crippen molar-refractivity contribution >= 4 is 22.4 Å². The van der Waals surface area contributed by atoms with Crippen molar-refractivity contribution in [2.24, 2.45) is 0 Å². The van der Waals surface area contributed by atoms with E-state index in [0.717, 1.165) is 29.2 Å². The van der Waals surface area contributed by atoms with Gasteiger partial charge in [0.2, 0.25) is 5.91 Å². The molecule has 1 amide bonds. The first-order valence-electron chi connectivity index (χ1n) is 8.33. The third kappa shape index (κ3) is 5.96. The SMILES string of the molecule is CC(=O)N[C@@H](C)CCc1ccc(-c2csc(NC(C)(C)C)n2)cc1. The Morgan fingerprint density at radius 3 is 2.50 bits per heavy atom. The third-order valence-corrected chi connectivity index (χ3v) is 4.31. The molecular formula is C19H27N3OS. The zero-order chi connectivity index (χ0) is 17.7. The fourth-order valence-corrected chi connectivity index (χ4v) is 3.36. The van der Waals surface area contributed by atoms with E-state index < -0.39 is 0 Å². The molecule has 0 saturated heterocycles. The number of rotatable bonds is 6. The molecule has 0 spiro atoms. The molecule has 0 bridgehead atoms. The van der Waals surface area contributed by atoms with Crippen LogP contribution in [0.4, 0.5) is 5.13 Å². The van der Waals surface area contributed by atoms with E-state index in [1.807, 2.05) is 6.92 Å². The second-order valence-corrected chi connectivity index (χ2v) is 8.11. The number of anilines is 1. The average Bonchev–Trinajstić information content (AvgIpc) is 2.91. The van der Waals surface area contributed by atoms with Crippen molar-refractivity contribution < 1.29 is 4.79 Å². The number of carbonyl (C=O) groups excluding carboxylic acids is 1. The molecule has 0 aliphatic heterocycles. The van der Waals surface area contributed by atoms with Gasteiger partial charge >= 0.3 is 0 Å². The molecule has 0 aliphatic carbocycles. The number of aryl methyl sites for hydroxylation is 1. The van der Waals surface area contributed by atoms with Gasteiger partial charge in [-0.25, -0.2) is 4.98 Å². The predicted octanol–water partition coefficient (Wildman–Crippen LogP) is 4.48. The first-order chi connectivity index (χ1) is 11.2. The summed E-state index contributed by atoms with van der Waals surface area (Å²) in [6.45, 7) is 9.98. The van der Waals surface area contributed by atoms with Crippen molar-refractivity contribution in [3.8, 4) is 11.3 Å². The fourth-order valence-electron chi connectivity index (χ4n) is 2.43. The molecule has 4 nitrogen and oxygen atoms in total. The van der Waals surface area contributed by atoms with Gasteiger partial charge in [-0.3, -0.25) is 4.79 Å². The van der Waals surface area contributed by atoms with Crippen LogP contribution in [-0.4, -0.2) is 22.5 Å². The number of benzene rings is 1. The Balaban J connectivity index is 1.95. The molecule has 0 saturated carbocycles. The van der Waals surface area contributed by atoms with Gasteiger partial charge in [-0.2, -0.15) is 0 Å². The van der Waals surface area contributed by atoms with E-state index in [4.69, 9.17) is 0 Å². The van der Waals surface area contributed by atoms with Crippen molar-refractivity contribution in [2.45, 2.75) is 59.0 Å². The van der Waals surface area contributed by atoms with E-state index in [0.29, 0.717) is 0 Å². The van der Waals surface area contributed by atoms with Crippen molar-refractivity contribution in [2.75, 3.05) is 5.32 Å². The lowest BCUT2D eigenvalue weighted by atomic mass is 10.0. The summed E-state index contributed by atoms with van der Waals surface area (Å²) in [4.78, 5) is 15.7. The summed E-state index contributed by atoms with van der Waals surface area (Å²) < 4.78 is 0. The lowest BCUT2D eigenvalue weighted by molar-refractivity contribution is -0.119. The van der Waals surface area contributed by atoms with Crippen LogP contribution in [0.25, 0.3) is 11.3 Å². The zero-order valence-electron chi connectivity index (χ0n) is 15.1. The average molecular weight is 346 g/mol.